The molecule has 8 nitrogen and oxygen atoms in total. The molecule has 12 heteroatoms. The zero-order valence-corrected chi connectivity index (χ0v) is 23.5. The summed E-state index contributed by atoms with van der Waals surface area (Å²) in [6, 6.07) is 7.82. The van der Waals surface area contributed by atoms with E-state index in [9.17, 15) is 21.0 Å². The molecule has 0 aromatic carbocycles. The molecule has 168 valence electrons. The summed E-state index contributed by atoms with van der Waals surface area (Å²) in [6.07, 6.45) is 0.727. The topological polar surface area (TPSA) is 113 Å². The molecule has 0 bridgehead atoms. The van der Waals surface area contributed by atoms with Gasteiger partial charge in [0, 0.05) is 0 Å². The maximum atomic E-state index is 10.0. The quantitative estimate of drug-likeness (QED) is 0.246. The van der Waals surface area contributed by atoms with Gasteiger partial charge in [-0.25, -0.2) is 45.7 Å². The first kappa shape index (κ1) is 26.4. The van der Waals surface area contributed by atoms with Gasteiger partial charge >= 0.3 is 11.3 Å². The zero-order valence-electron chi connectivity index (χ0n) is 17.1. The van der Waals surface area contributed by atoms with Crippen LogP contribution in [0.5, 0.6) is 0 Å². The summed E-state index contributed by atoms with van der Waals surface area (Å²) in [6.45, 7) is 31.2. The third-order valence-corrected chi connectivity index (χ3v) is 13.2. The molecule has 0 aliphatic heterocycles. The van der Waals surface area contributed by atoms with Crippen molar-refractivity contribution in [1.29, 1.82) is 21.0 Å². The number of fused-ring (bicyclic) bond motifs is 2. The van der Waals surface area contributed by atoms with Crippen LogP contribution in [0.25, 0.3) is 19.4 Å². The van der Waals surface area contributed by atoms with Gasteiger partial charge in [0.25, 0.3) is 0 Å². The molecule has 0 saturated heterocycles. The first-order chi connectivity index (χ1) is 16.1. The van der Waals surface area contributed by atoms with Gasteiger partial charge in [-0.3, -0.25) is 0 Å². The minimum Gasteiger partial charge on any atom is -0.224 e. The van der Waals surface area contributed by atoms with Crippen molar-refractivity contribution >= 4 is 63.7 Å². The number of hydrogen-bond acceptors (Lipinski definition) is 4. The summed E-state index contributed by atoms with van der Waals surface area (Å²) in [5.74, 6) is -1.36. The molecule has 3 aliphatic carbocycles. The van der Waals surface area contributed by atoms with Crippen molar-refractivity contribution < 1.29 is 0 Å². The van der Waals surface area contributed by atoms with E-state index in [1.807, 2.05) is 24.3 Å². The van der Waals surface area contributed by atoms with E-state index in [0.29, 0.717) is 12.8 Å². The Bertz CT molecular complexity index is 1010. The standard InChI is InChI=1S/C22H12Br4N8/c1-31-21(32-2)17(25)13-5-11-12(6-14(13)18(26)22(21,33-3)34-4)16(24)20(9-29,10-30)19(7-27,8-28)15(11)23/h11-18H,5-6H2/t11?,12?,13?,14?,15-,16+,17-,18+. The average Bonchev–Trinajstić information content (AvgIpc) is 2.87. The van der Waals surface area contributed by atoms with Gasteiger partial charge in [0.2, 0.25) is 0 Å². The Labute approximate surface area is 231 Å². The van der Waals surface area contributed by atoms with Crippen molar-refractivity contribution in [2.75, 3.05) is 0 Å². The molecule has 0 spiro atoms. The van der Waals surface area contributed by atoms with E-state index in [0.717, 1.165) is 0 Å². The van der Waals surface area contributed by atoms with Crippen LogP contribution in [-0.4, -0.2) is 30.6 Å². The number of alkyl halides is 4. The van der Waals surface area contributed by atoms with Gasteiger partial charge in [-0.1, -0.05) is 63.7 Å². The first-order valence-corrected chi connectivity index (χ1v) is 13.5. The molecule has 3 rings (SSSR count). The predicted molar refractivity (Wildman–Crippen MR) is 133 cm³/mol. The van der Waals surface area contributed by atoms with E-state index < -0.39 is 41.5 Å². The van der Waals surface area contributed by atoms with Crippen LogP contribution in [0.1, 0.15) is 12.8 Å². The molecule has 8 atom stereocenters. The van der Waals surface area contributed by atoms with Gasteiger partial charge in [-0.2, -0.15) is 21.0 Å². The van der Waals surface area contributed by atoms with E-state index in [4.69, 9.17) is 26.3 Å². The lowest BCUT2D eigenvalue weighted by atomic mass is 9.47. The van der Waals surface area contributed by atoms with Crippen molar-refractivity contribution in [3.05, 3.63) is 45.7 Å². The lowest BCUT2D eigenvalue weighted by molar-refractivity contribution is 0.00497. The molecule has 0 N–H and O–H groups in total. The third kappa shape index (κ3) is 2.70. The second kappa shape index (κ2) is 8.81. The van der Waals surface area contributed by atoms with Gasteiger partial charge in [-0.15, -0.1) is 0 Å². The first-order valence-electron chi connectivity index (χ1n) is 9.84. The number of nitriles is 4. The van der Waals surface area contributed by atoms with Crippen molar-refractivity contribution in [3.63, 3.8) is 0 Å². The van der Waals surface area contributed by atoms with Crippen LogP contribution in [0.4, 0.5) is 0 Å². The Hall–Kier alpha value is -2.16. The van der Waals surface area contributed by atoms with Crippen molar-refractivity contribution in [2.24, 2.45) is 34.5 Å². The Morgan fingerprint density at radius 3 is 0.971 bits per heavy atom. The third-order valence-electron chi connectivity index (χ3n) is 7.84. The molecule has 0 heterocycles. The highest BCUT2D eigenvalue weighted by Gasteiger charge is 2.92. The molecule has 0 amide bonds. The highest BCUT2D eigenvalue weighted by molar-refractivity contribution is 9.10. The fourth-order valence-electron chi connectivity index (χ4n) is 6.03. The van der Waals surface area contributed by atoms with Crippen LogP contribution in [0, 0.1) is 106 Å². The van der Waals surface area contributed by atoms with Gasteiger partial charge in [-0.05, 0) is 36.5 Å². The van der Waals surface area contributed by atoms with E-state index >= 15 is 0 Å². The van der Waals surface area contributed by atoms with Crippen LogP contribution >= 0.6 is 63.7 Å². The summed E-state index contributed by atoms with van der Waals surface area (Å²) < 4.78 is 0. The molecule has 3 saturated carbocycles. The molecule has 0 aromatic heterocycles. The van der Waals surface area contributed by atoms with Gasteiger partial charge in [0.05, 0.1) is 33.9 Å². The molecule has 4 unspecified atom stereocenters. The molecule has 3 fully saturated rings. The Morgan fingerprint density at radius 1 is 0.529 bits per heavy atom. The van der Waals surface area contributed by atoms with E-state index in [1.54, 1.807) is 0 Å². The molecular weight excluding hydrogens is 696 g/mol. The van der Waals surface area contributed by atoms with Crippen LogP contribution in [-0.2, 0) is 0 Å². The summed E-state index contributed by atoms with van der Waals surface area (Å²) in [7, 11) is 0. The van der Waals surface area contributed by atoms with Gasteiger partial charge in [0.15, 0.2) is 20.5 Å². The fourth-order valence-corrected chi connectivity index (χ4v) is 10.7. The van der Waals surface area contributed by atoms with Crippen molar-refractivity contribution in [3.8, 4) is 24.3 Å². The van der Waals surface area contributed by atoms with Crippen LogP contribution in [0.3, 0.4) is 0 Å². The van der Waals surface area contributed by atoms with Gasteiger partial charge in [0.1, 0.15) is 0 Å². The fraction of sp³-hybridized carbons (Fsp3) is 0.636. The van der Waals surface area contributed by atoms with Crippen LogP contribution in [0.15, 0.2) is 0 Å². The molecule has 3 aliphatic rings. The van der Waals surface area contributed by atoms with Crippen molar-refractivity contribution in [1.82, 2.24) is 0 Å². The predicted octanol–water partition coefficient (Wildman–Crippen LogP) is 5.46. The van der Waals surface area contributed by atoms with E-state index in [2.05, 4.69) is 83.1 Å². The van der Waals surface area contributed by atoms with Gasteiger partial charge < -0.3 is 0 Å². The zero-order chi connectivity index (χ0) is 25.7. The van der Waals surface area contributed by atoms with E-state index in [1.165, 1.54) is 0 Å². The highest BCUT2D eigenvalue weighted by Crippen LogP contribution is 2.67. The Morgan fingerprint density at radius 2 is 0.765 bits per heavy atom. The number of halogens is 4. The summed E-state index contributed by atoms with van der Waals surface area (Å²) >= 11 is 14.1. The average molecular weight is 708 g/mol. The minimum atomic E-state index is -1.99. The lowest BCUT2D eigenvalue weighted by Gasteiger charge is -2.56. The largest absolute Gasteiger partial charge is 0.655 e. The number of rotatable bonds is 0. The summed E-state index contributed by atoms with van der Waals surface area (Å²) in [5.41, 5.74) is -7.91. The Kier molecular flexibility index (Phi) is 6.85. The molecular formula is C22H12Br4N8. The highest BCUT2D eigenvalue weighted by atomic mass is 79.9. The molecule has 0 aromatic rings. The second-order valence-corrected chi connectivity index (χ2v) is 12.6. The molecule has 34 heavy (non-hydrogen) atoms. The SMILES string of the molecule is [C-]#[N+]C1([N+]#[C-])[C@H](Br)C2CC3C(CC2[C@H](Br)C1([N+]#[C-])[N+]#[C-])[C@H](Br)C(C#N)(C#N)C(C#N)(C#N)[C@@H]3Br. The monoisotopic (exact) mass is 704 g/mol. The molecule has 0 radical (unpaired) electrons. The summed E-state index contributed by atoms with van der Waals surface area (Å²) in [4.78, 5) is 10.9. The smallest absolute Gasteiger partial charge is 0.224 e. The number of hydrogen-bond donors (Lipinski definition) is 0. The van der Waals surface area contributed by atoms with Crippen LogP contribution in [0.2, 0.25) is 0 Å². The van der Waals surface area contributed by atoms with E-state index in [-0.39, 0.29) is 23.7 Å². The minimum absolute atomic E-state index is 0.336. The second-order valence-electron chi connectivity index (χ2n) is 8.70. The maximum absolute atomic E-state index is 10.0. The lowest BCUT2D eigenvalue weighted by Crippen LogP contribution is -2.69. The maximum Gasteiger partial charge on any atom is 0.655 e. The number of nitrogens with zero attached hydrogens (tertiary/aromatic N) is 8. The Balaban J connectivity index is 2.23. The van der Waals surface area contributed by atoms with Crippen molar-refractivity contribution in [2.45, 2.75) is 43.5 Å². The summed E-state index contributed by atoms with van der Waals surface area (Å²) in [5, 5.41) is 40.2. The van der Waals surface area contributed by atoms with Crippen LogP contribution < -0.4 is 0 Å². The normalized spacial score (nSPS) is 39.6.